The van der Waals surface area contributed by atoms with Crippen molar-refractivity contribution < 1.29 is 4.42 Å². The second kappa shape index (κ2) is 4.48. The fraction of sp³-hybridized carbons (Fsp3) is 0.769. The van der Waals surface area contributed by atoms with Crippen LogP contribution in [0.5, 0.6) is 0 Å². The van der Waals surface area contributed by atoms with E-state index in [4.69, 9.17) is 4.42 Å². The van der Waals surface area contributed by atoms with Gasteiger partial charge in [-0.2, -0.15) is 0 Å². The quantitative estimate of drug-likeness (QED) is 0.770. The van der Waals surface area contributed by atoms with Crippen LogP contribution in [0.15, 0.2) is 9.21 Å². The van der Waals surface area contributed by atoms with E-state index in [1.807, 2.05) is 20.8 Å². The van der Waals surface area contributed by atoms with Crippen molar-refractivity contribution in [3.63, 3.8) is 0 Å². The lowest BCUT2D eigenvalue weighted by Gasteiger charge is -2.20. The molecule has 0 radical (unpaired) electrons. The molecular formula is C13H21NO2. The van der Waals surface area contributed by atoms with Gasteiger partial charge >= 0.3 is 5.76 Å². The maximum absolute atomic E-state index is 11.7. The lowest BCUT2D eigenvalue weighted by molar-refractivity contribution is 0.356. The first-order valence-corrected chi connectivity index (χ1v) is 6.33. The van der Waals surface area contributed by atoms with E-state index >= 15 is 0 Å². The molecule has 1 heterocycles. The summed E-state index contributed by atoms with van der Waals surface area (Å²) in [5.41, 5.74) is 1.03. The second-order valence-corrected chi connectivity index (χ2v) is 5.12. The van der Waals surface area contributed by atoms with Gasteiger partial charge in [0.15, 0.2) is 0 Å². The number of rotatable bonds is 2. The third-order valence-corrected chi connectivity index (χ3v) is 3.60. The van der Waals surface area contributed by atoms with Crippen LogP contribution in [0.1, 0.15) is 69.4 Å². The minimum absolute atomic E-state index is 0.187. The Kier molecular flexibility index (Phi) is 3.22. The molecule has 1 aromatic rings. The van der Waals surface area contributed by atoms with E-state index < -0.39 is 0 Å². The third kappa shape index (κ3) is 1.95. The average molecular weight is 223 g/mol. The number of nitrogens with zero attached hydrogens (tertiary/aromatic N) is 1. The molecule has 1 saturated carbocycles. The summed E-state index contributed by atoms with van der Waals surface area (Å²) >= 11 is 0. The molecule has 0 aliphatic heterocycles. The Hall–Kier alpha value is -0.990. The van der Waals surface area contributed by atoms with Crippen LogP contribution in [0, 0.1) is 6.92 Å². The molecule has 3 nitrogen and oxygen atoms in total. The van der Waals surface area contributed by atoms with E-state index in [1.165, 1.54) is 32.1 Å². The number of hydrogen-bond acceptors (Lipinski definition) is 2. The molecular weight excluding hydrogens is 202 g/mol. The highest BCUT2D eigenvalue weighted by Crippen LogP contribution is 2.34. The predicted molar refractivity (Wildman–Crippen MR) is 63.9 cm³/mol. The van der Waals surface area contributed by atoms with E-state index in [0.717, 1.165) is 11.5 Å². The number of aromatic nitrogens is 1. The van der Waals surface area contributed by atoms with Crippen LogP contribution in [0.3, 0.4) is 0 Å². The Labute approximate surface area is 96.5 Å². The molecule has 1 aliphatic carbocycles. The third-order valence-electron chi connectivity index (χ3n) is 3.60. The molecule has 3 heteroatoms. The maximum Gasteiger partial charge on any atom is 0.419 e. The summed E-state index contributed by atoms with van der Waals surface area (Å²) in [4.78, 5) is 11.7. The summed E-state index contributed by atoms with van der Waals surface area (Å²) in [6.45, 7) is 6.05. The van der Waals surface area contributed by atoms with Crippen molar-refractivity contribution in [1.82, 2.24) is 4.57 Å². The van der Waals surface area contributed by atoms with Crippen LogP contribution in [0.2, 0.25) is 0 Å². The van der Waals surface area contributed by atoms with Gasteiger partial charge in [-0.1, -0.05) is 19.3 Å². The molecule has 1 fully saturated rings. The number of hydrogen-bond donors (Lipinski definition) is 0. The first-order valence-electron chi connectivity index (χ1n) is 6.33. The van der Waals surface area contributed by atoms with Crippen molar-refractivity contribution in [1.29, 1.82) is 0 Å². The van der Waals surface area contributed by atoms with Gasteiger partial charge in [0.05, 0.1) is 5.69 Å². The van der Waals surface area contributed by atoms with Crippen LogP contribution in [0.25, 0.3) is 0 Å². The molecule has 1 aliphatic rings. The first kappa shape index (κ1) is 11.5. The molecule has 0 N–H and O–H groups in total. The average Bonchev–Trinajstić information content (AvgIpc) is 2.55. The maximum atomic E-state index is 11.7. The van der Waals surface area contributed by atoms with Gasteiger partial charge in [-0.05, 0) is 33.6 Å². The Morgan fingerprint density at radius 2 is 1.88 bits per heavy atom. The summed E-state index contributed by atoms with van der Waals surface area (Å²) < 4.78 is 7.22. The van der Waals surface area contributed by atoms with Gasteiger partial charge in [-0.25, -0.2) is 4.79 Å². The smallest absolute Gasteiger partial charge is 0.412 e. The Morgan fingerprint density at radius 1 is 1.25 bits per heavy atom. The topological polar surface area (TPSA) is 35.1 Å². The SMILES string of the molecule is Cc1c(C2CCCCC2)oc(=O)n1C(C)C. The van der Waals surface area contributed by atoms with Gasteiger partial charge in [-0.3, -0.25) is 4.57 Å². The molecule has 1 aromatic heterocycles. The predicted octanol–water partition coefficient (Wildman–Crippen LogP) is 3.38. The summed E-state index contributed by atoms with van der Waals surface area (Å²) in [5.74, 6) is 1.23. The second-order valence-electron chi connectivity index (χ2n) is 5.12. The van der Waals surface area contributed by atoms with Crippen molar-refractivity contribution in [2.75, 3.05) is 0 Å². The standard InChI is InChI=1S/C13H21NO2/c1-9(2)14-10(3)12(16-13(14)15)11-7-5-4-6-8-11/h9,11H,4-8H2,1-3H3. The lowest BCUT2D eigenvalue weighted by Crippen LogP contribution is -2.17. The summed E-state index contributed by atoms with van der Waals surface area (Å²) in [5, 5.41) is 0. The molecule has 0 saturated heterocycles. The van der Waals surface area contributed by atoms with Gasteiger partial charge in [-0.15, -0.1) is 0 Å². The Balaban J connectivity index is 2.34. The zero-order valence-corrected chi connectivity index (χ0v) is 10.5. The largest absolute Gasteiger partial charge is 0.419 e. The number of oxazole rings is 1. The highest BCUT2D eigenvalue weighted by Gasteiger charge is 2.24. The molecule has 0 aromatic carbocycles. The normalized spacial score (nSPS) is 18.2. The van der Waals surface area contributed by atoms with Crippen LogP contribution < -0.4 is 5.76 Å². The highest BCUT2D eigenvalue weighted by molar-refractivity contribution is 5.14. The van der Waals surface area contributed by atoms with Gasteiger partial charge in [0.1, 0.15) is 5.76 Å². The van der Waals surface area contributed by atoms with Crippen LogP contribution in [-0.4, -0.2) is 4.57 Å². The van der Waals surface area contributed by atoms with E-state index in [1.54, 1.807) is 4.57 Å². The van der Waals surface area contributed by atoms with E-state index in [-0.39, 0.29) is 11.8 Å². The van der Waals surface area contributed by atoms with Crippen LogP contribution in [0.4, 0.5) is 0 Å². The zero-order valence-electron chi connectivity index (χ0n) is 10.5. The summed E-state index contributed by atoms with van der Waals surface area (Å²) in [6.07, 6.45) is 6.20. The molecule has 90 valence electrons. The fourth-order valence-corrected chi connectivity index (χ4v) is 2.81. The summed E-state index contributed by atoms with van der Waals surface area (Å²) in [6, 6.07) is 0.189. The minimum Gasteiger partial charge on any atom is -0.412 e. The summed E-state index contributed by atoms with van der Waals surface area (Å²) in [7, 11) is 0. The zero-order chi connectivity index (χ0) is 11.7. The van der Waals surface area contributed by atoms with E-state index in [9.17, 15) is 4.79 Å². The minimum atomic E-state index is -0.187. The lowest BCUT2D eigenvalue weighted by atomic mass is 9.87. The molecule has 16 heavy (non-hydrogen) atoms. The van der Waals surface area contributed by atoms with E-state index in [2.05, 4.69) is 0 Å². The fourth-order valence-electron chi connectivity index (χ4n) is 2.81. The Morgan fingerprint density at radius 3 is 2.38 bits per heavy atom. The molecule has 0 amide bonds. The highest BCUT2D eigenvalue weighted by atomic mass is 16.4. The first-order chi connectivity index (χ1) is 7.61. The van der Waals surface area contributed by atoms with Crippen molar-refractivity contribution in [3.8, 4) is 0 Å². The molecule has 0 bridgehead atoms. The van der Waals surface area contributed by atoms with Gasteiger partial charge in [0.2, 0.25) is 0 Å². The molecule has 0 unspecified atom stereocenters. The van der Waals surface area contributed by atoms with Gasteiger partial charge in [0, 0.05) is 12.0 Å². The molecule has 0 atom stereocenters. The van der Waals surface area contributed by atoms with Crippen molar-refractivity contribution in [3.05, 3.63) is 22.0 Å². The van der Waals surface area contributed by atoms with Crippen LogP contribution >= 0.6 is 0 Å². The van der Waals surface area contributed by atoms with Gasteiger partial charge in [0.25, 0.3) is 0 Å². The monoisotopic (exact) mass is 223 g/mol. The molecule has 0 spiro atoms. The molecule has 2 rings (SSSR count). The van der Waals surface area contributed by atoms with Crippen molar-refractivity contribution in [2.45, 2.75) is 64.8 Å². The van der Waals surface area contributed by atoms with Crippen molar-refractivity contribution >= 4 is 0 Å². The Bertz CT molecular complexity index is 408. The van der Waals surface area contributed by atoms with E-state index in [0.29, 0.717) is 5.92 Å². The van der Waals surface area contributed by atoms with Crippen LogP contribution in [-0.2, 0) is 0 Å². The van der Waals surface area contributed by atoms with Gasteiger partial charge < -0.3 is 4.42 Å². The van der Waals surface area contributed by atoms with Crippen molar-refractivity contribution in [2.24, 2.45) is 0 Å².